The fourth-order valence-corrected chi connectivity index (χ4v) is 2.58. The molecule has 0 radical (unpaired) electrons. The zero-order chi connectivity index (χ0) is 11.5. The molecule has 16 heavy (non-hydrogen) atoms. The summed E-state index contributed by atoms with van der Waals surface area (Å²) >= 11 is 0. The molecular formula is C16H18. The SMILES string of the molecule is C=C/C=C\C1=C(C)c2ccccc2C1CC. The molecule has 0 spiro atoms. The maximum Gasteiger partial charge on any atom is 0.00955 e. The molecule has 0 heteroatoms. The van der Waals surface area contributed by atoms with Gasteiger partial charge in [-0.2, -0.15) is 0 Å². The molecule has 0 aromatic heterocycles. The maximum absolute atomic E-state index is 3.74. The molecule has 0 bridgehead atoms. The van der Waals surface area contributed by atoms with Gasteiger partial charge in [0.05, 0.1) is 0 Å². The van der Waals surface area contributed by atoms with Gasteiger partial charge in [0.1, 0.15) is 0 Å². The molecule has 0 N–H and O–H groups in total. The van der Waals surface area contributed by atoms with Gasteiger partial charge in [-0.3, -0.25) is 0 Å². The highest BCUT2D eigenvalue weighted by molar-refractivity contribution is 5.79. The highest BCUT2D eigenvalue weighted by Crippen LogP contribution is 2.43. The van der Waals surface area contributed by atoms with Crippen LogP contribution in [-0.4, -0.2) is 0 Å². The van der Waals surface area contributed by atoms with E-state index in [1.807, 2.05) is 12.2 Å². The van der Waals surface area contributed by atoms with Crippen molar-refractivity contribution in [2.24, 2.45) is 0 Å². The first kappa shape index (κ1) is 10.9. The molecule has 0 fully saturated rings. The van der Waals surface area contributed by atoms with Gasteiger partial charge in [-0.25, -0.2) is 0 Å². The van der Waals surface area contributed by atoms with Gasteiger partial charge in [0.2, 0.25) is 0 Å². The van der Waals surface area contributed by atoms with Crippen LogP contribution in [0.25, 0.3) is 5.57 Å². The van der Waals surface area contributed by atoms with Gasteiger partial charge < -0.3 is 0 Å². The average Bonchev–Trinajstić information content (AvgIpc) is 2.60. The fraction of sp³-hybridized carbons (Fsp3) is 0.250. The van der Waals surface area contributed by atoms with Crippen LogP contribution in [0.4, 0.5) is 0 Å². The van der Waals surface area contributed by atoms with Gasteiger partial charge in [0.15, 0.2) is 0 Å². The number of fused-ring (bicyclic) bond motifs is 1. The standard InChI is InChI=1S/C16H18/c1-4-6-9-14-12(3)15-10-7-8-11-16(15)13(14)5-2/h4,6-11,13H,1,5H2,2-3H3/b9-6-. The summed E-state index contributed by atoms with van der Waals surface area (Å²) in [6, 6.07) is 8.73. The van der Waals surface area contributed by atoms with Crippen molar-refractivity contribution in [3.8, 4) is 0 Å². The predicted molar refractivity (Wildman–Crippen MR) is 71.4 cm³/mol. The summed E-state index contributed by atoms with van der Waals surface area (Å²) in [6.45, 7) is 8.21. The summed E-state index contributed by atoms with van der Waals surface area (Å²) in [5.41, 5.74) is 5.76. The van der Waals surface area contributed by atoms with Crippen molar-refractivity contribution in [2.75, 3.05) is 0 Å². The lowest BCUT2D eigenvalue weighted by Crippen LogP contribution is -1.94. The van der Waals surface area contributed by atoms with Crippen LogP contribution in [-0.2, 0) is 0 Å². The number of hydrogen-bond acceptors (Lipinski definition) is 0. The van der Waals surface area contributed by atoms with Crippen LogP contribution in [0.2, 0.25) is 0 Å². The minimum atomic E-state index is 0.562. The van der Waals surface area contributed by atoms with E-state index in [9.17, 15) is 0 Å². The zero-order valence-electron chi connectivity index (χ0n) is 10.0. The van der Waals surface area contributed by atoms with E-state index >= 15 is 0 Å². The third-order valence-corrected chi connectivity index (χ3v) is 3.37. The highest BCUT2D eigenvalue weighted by atomic mass is 14.3. The third-order valence-electron chi connectivity index (χ3n) is 3.37. The van der Waals surface area contributed by atoms with Crippen LogP contribution >= 0.6 is 0 Å². The Hall–Kier alpha value is -1.56. The molecule has 0 saturated carbocycles. The number of hydrogen-bond donors (Lipinski definition) is 0. The summed E-state index contributed by atoms with van der Waals surface area (Å²) < 4.78 is 0. The Kier molecular flexibility index (Phi) is 3.09. The van der Waals surface area contributed by atoms with Crippen molar-refractivity contribution >= 4 is 5.57 Å². The summed E-state index contributed by atoms with van der Waals surface area (Å²) in [5, 5.41) is 0. The molecule has 1 unspecified atom stereocenters. The number of benzene rings is 1. The molecule has 0 heterocycles. The Bertz CT molecular complexity index is 461. The molecule has 1 aromatic rings. The molecule has 0 saturated heterocycles. The molecule has 0 nitrogen and oxygen atoms in total. The Labute approximate surface area is 98.0 Å². The van der Waals surface area contributed by atoms with Crippen LogP contribution in [0.1, 0.15) is 37.3 Å². The van der Waals surface area contributed by atoms with E-state index in [2.05, 4.69) is 50.8 Å². The summed E-state index contributed by atoms with van der Waals surface area (Å²) in [6.07, 6.45) is 7.24. The first-order chi connectivity index (χ1) is 7.79. The van der Waals surface area contributed by atoms with E-state index in [1.165, 1.54) is 22.3 Å². The van der Waals surface area contributed by atoms with Crippen molar-refractivity contribution in [3.05, 3.63) is 65.8 Å². The summed E-state index contributed by atoms with van der Waals surface area (Å²) in [4.78, 5) is 0. The molecular weight excluding hydrogens is 192 g/mol. The Morgan fingerprint density at radius 3 is 2.75 bits per heavy atom. The quantitative estimate of drug-likeness (QED) is 0.634. The highest BCUT2D eigenvalue weighted by Gasteiger charge is 2.25. The fourth-order valence-electron chi connectivity index (χ4n) is 2.58. The Balaban J connectivity index is 2.51. The summed E-state index contributed by atoms with van der Waals surface area (Å²) in [7, 11) is 0. The van der Waals surface area contributed by atoms with Crippen LogP contribution in [0.5, 0.6) is 0 Å². The van der Waals surface area contributed by atoms with Crippen LogP contribution in [0.3, 0.4) is 0 Å². The minimum absolute atomic E-state index is 0.562. The van der Waals surface area contributed by atoms with Crippen LogP contribution in [0, 0.1) is 0 Å². The Morgan fingerprint density at radius 2 is 2.06 bits per heavy atom. The molecule has 1 atom stereocenters. The lowest BCUT2D eigenvalue weighted by molar-refractivity contribution is 0.791. The largest absolute Gasteiger partial charge is 0.0991 e. The molecule has 1 aromatic carbocycles. The van der Waals surface area contributed by atoms with Gasteiger partial charge >= 0.3 is 0 Å². The van der Waals surface area contributed by atoms with E-state index in [1.54, 1.807) is 0 Å². The van der Waals surface area contributed by atoms with Crippen molar-refractivity contribution < 1.29 is 0 Å². The maximum atomic E-state index is 3.74. The monoisotopic (exact) mass is 210 g/mol. The summed E-state index contributed by atoms with van der Waals surface area (Å²) in [5.74, 6) is 0.562. The van der Waals surface area contributed by atoms with Crippen LogP contribution in [0.15, 0.2) is 54.6 Å². The van der Waals surface area contributed by atoms with Gasteiger partial charge in [0.25, 0.3) is 0 Å². The second-order valence-corrected chi connectivity index (χ2v) is 4.22. The van der Waals surface area contributed by atoms with Crippen molar-refractivity contribution in [2.45, 2.75) is 26.2 Å². The average molecular weight is 210 g/mol. The predicted octanol–water partition coefficient (Wildman–Crippen LogP) is 4.71. The minimum Gasteiger partial charge on any atom is -0.0991 e. The zero-order valence-corrected chi connectivity index (χ0v) is 10.0. The third kappa shape index (κ3) is 1.65. The lowest BCUT2D eigenvalue weighted by atomic mass is 9.93. The lowest BCUT2D eigenvalue weighted by Gasteiger charge is -2.11. The van der Waals surface area contributed by atoms with Crippen molar-refractivity contribution in [1.82, 2.24) is 0 Å². The molecule has 82 valence electrons. The first-order valence-corrected chi connectivity index (χ1v) is 5.88. The smallest absolute Gasteiger partial charge is 0.00955 e. The topological polar surface area (TPSA) is 0 Å². The van der Waals surface area contributed by atoms with Gasteiger partial charge in [-0.15, -0.1) is 0 Å². The van der Waals surface area contributed by atoms with E-state index < -0.39 is 0 Å². The van der Waals surface area contributed by atoms with Gasteiger partial charge in [-0.05, 0) is 35.6 Å². The molecule has 0 aliphatic heterocycles. The second-order valence-electron chi connectivity index (χ2n) is 4.22. The first-order valence-electron chi connectivity index (χ1n) is 5.88. The molecule has 2 rings (SSSR count). The van der Waals surface area contributed by atoms with E-state index in [4.69, 9.17) is 0 Å². The van der Waals surface area contributed by atoms with Crippen LogP contribution < -0.4 is 0 Å². The van der Waals surface area contributed by atoms with Crippen molar-refractivity contribution in [3.63, 3.8) is 0 Å². The number of allylic oxidation sites excluding steroid dienone is 5. The molecule has 1 aliphatic rings. The van der Waals surface area contributed by atoms with E-state index in [0.29, 0.717) is 5.92 Å². The molecule has 0 amide bonds. The van der Waals surface area contributed by atoms with E-state index in [0.717, 1.165) is 6.42 Å². The molecule has 1 aliphatic carbocycles. The normalized spacial score (nSPS) is 19.2. The Morgan fingerprint density at radius 1 is 1.31 bits per heavy atom. The second kappa shape index (κ2) is 4.52. The van der Waals surface area contributed by atoms with Crippen molar-refractivity contribution in [1.29, 1.82) is 0 Å². The number of rotatable bonds is 3. The van der Waals surface area contributed by atoms with E-state index in [-0.39, 0.29) is 0 Å². The van der Waals surface area contributed by atoms with Gasteiger partial charge in [0, 0.05) is 5.92 Å². The van der Waals surface area contributed by atoms with Gasteiger partial charge in [-0.1, -0.05) is 56.0 Å².